The lowest BCUT2D eigenvalue weighted by atomic mass is 10.3. The number of nitrogens with zero attached hydrogens (tertiary/aromatic N) is 3. The molecule has 0 aromatic carbocycles. The van der Waals surface area contributed by atoms with Gasteiger partial charge in [-0.1, -0.05) is 6.07 Å². The molecule has 0 amide bonds. The molecule has 7 heteroatoms. The summed E-state index contributed by atoms with van der Waals surface area (Å²) in [4.78, 5) is 14.8. The fourth-order valence-corrected chi connectivity index (χ4v) is 1.51. The smallest absolute Gasteiger partial charge is 0.354 e. The van der Waals surface area contributed by atoms with Gasteiger partial charge in [0.15, 0.2) is 5.69 Å². The third-order valence-corrected chi connectivity index (χ3v) is 2.40. The molecular formula is C12H14N4O3. The van der Waals surface area contributed by atoms with Crippen molar-refractivity contribution in [1.82, 2.24) is 14.8 Å². The minimum atomic E-state index is -1.06. The fourth-order valence-electron chi connectivity index (χ4n) is 1.51. The van der Waals surface area contributed by atoms with Crippen molar-refractivity contribution in [1.29, 1.82) is 0 Å². The van der Waals surface area contributed by atoms with Crippen LogP contribution >= 0.6 is 0 Å². The third-order valence-electron chi connectivity index (χ3n) is 2.40. The van der Waals surface area contributed by atoms with E-state index in [1.165, 1.54) is 6.07 Å². The Balaban J connectivity index is 2.06. The van der Waals surface area contributed by atoms with Gasteiger partial charge in [-0.05, 0) is 12.1 Å². The molecule has 0 bridgehead atoms. The number of aromatic nitrogens is 3. The van der Waals surface area contributed by atoms with E-state index in [2.05, 4.69) is 15.4 Å². The minimum Gasteiger partial charge on any atom is -0.477 e. The van der Waals surface area contributed by atoms with E-state index in [-0.39, 0.29) is 5.69 Å². The topological polar surface area (TPSA) is 89.3 Å². The Labute approximate surface area is 109 Å². The number of rotatable bonds is 6. The van der Waals surface area contributed by atoms with Gasteiger partial charge in [-0.25, -0.2) is 9.78 Å². The van der Waals surface area contributed by atoms with Crippen LogP contribution in [-0.2, 0) is 11.3 Å². The maximum atomic E-state index is 10.8. The van der Waals surface area contributed by atoms with Crippen LogP contribution in [0.25, 0.3) is 0 Å². The second-order valence-corrected chi connectivity index (χ2v) is 3.82. The van der Waals surface area contributed by atoms with E-state index >= 15 is 0 Å². The first-order chi connectivity index (χ1) is 9.19. The molecule has 0 fully saturated rings. The second kappa shape index (κ2) is 5.96. The van der Waals surface area contributed by atoms with E-state index < -0.39 is 5.97 Å². The number of methoxy groups -OCH3 is 1. The highest BCUT2D eigenvalue weighted by Crippen LogP contribution is 2.13. The van der Waals surface area contributed by atoms with Crippen molar-refractivity contribution >= 4 is 17.5 Å². The monoisotopic (exact) mass is 262 g/mol. The summed E-state index contributed by atoms with van der Waals surface area (Å²) < 4.78 is 6.69. The molecule has 0 aliphatic carbocycles. The van der Waals surface area contributed by atoms with Crippen LogP contribution in [0.5, 0.6) is 0 Å². The number of carboxylic acid groups (broad SMARTS) is 1. The predicted molar refractivity (Wildman–Crippen MR) is 68.6 cm³/mol. The van der Waals surface area contributed by atoms with E-state index in [9.17, 15) is 4.79 Å². The summed E-state index contributed by atoms with van der Waals surface area (Å²) in [6.45, 7) is 1.23. The van der Waals surface area contributed by atoms with Gasteiger partial charge in [-0.3, -0.25) is 4.68 Å². The van der Waals surface area contributed by atoms with E-state index in [1.54, 1.807) is 36.3 Å². The lowest BCUT2D eigenvalue weighted by Crippen LogP contribution is -2.04. The molecule has 2 heterocycles. The fraction of sp³-hybridized carbons (Fsp3) is 0.250. The molecule has 19 heavy (non-hydrogen) atoms. The molecule has 7 nitrogen and oxygen atoms in total. The number of nitrogens with one attached hydrogen (secondary N) is 1. The van der Waals surface area contributed by atoms with Crippen LogP contribution in [0.2, 0.25) is 0 Å². The molecule has 0 radical (unpaired) electrons. The summed E-state index contributed by atoms with van der Waals surface area (Å²) >= 11 is 0. The Morgan fingerprint density at radius 2 is 2.37 bits per heavy atom. The quantitative estimate of drug-likeness (QED) is 0.817. The van der Waals surface area contributed by atoms with E-state index in [0.717, 1.165) is 5.69 Å². The summed E-state index contributed by atoms with van der Waals surface area (Å²) in [6, 6.07) is 4.77. The average Bonchev–Trinajstić information content (AvgIpc) is 2.84. The first-order valence-electron chi connectivity index (χ1n) is 5.68. The van der Waals surface area contributed by atoms with Gasteiger partial charge in [0.1, 0.15) is 5.82 Å². The Morgan fingerprint density at radius 3 is 3.11 bits per heavy atom. The lowest BCUT2D eigenvalue weighted by molar-refractivity contribution is 0.0690. The Hall–Kier alpha value is -2.41. The maximum Gasteiger partial charge on any atom is 0.354 e. The normalized spacial score (nSPS) is 10.4. The summed E-state index contributed by atoms with van der Waals surface area (Å²) in [7, 11) is 1.63. The molecule has 0 saturated heterocycles. The molecule has 0 atom stereocenters. The van der Waals surface area contributed by atoms with Crippen LogP contribution in [0.15, 0.2) is 30.6 Å². The number of hydrogen-bond donors (Lipinski definition) is 2. The van der Waals surface area contributed by atoms with Gasteiger partial charge in [-0.15, -0.1) is 0 Å². The van der Waals surface area contributed by atoms with Crippen LogP contribution in [0.4, 0.5) is 11.5 Å². The lowest BCUT2D eigenvalue weighted by Gasteiger charge is -2.03. The summed E-state index contributed by atoms with van der Waals surface area (Å²) in [5, 5.41) is 16.0. The van der Waals surface area contributed by atoms with Gasteiger partial charge >= 0.3 is 5.97 Å². The average molecular weight is 262 g/mol. The highest BCUT2D eigenvalue weighted by atomic mass is 16.5. The van der Waals surface area contributed by atoms with Crippen molar-refractivity contribution in [2.45, 2.75) is 6.54 Å². The summed E-state index contributed by atoms with van der Waals surface area (Å²) in [5.74, 6) is -0.592. The molecule has 2 aromatic heterocycles. The molecule has 2 rings (SSSR count). The van der Waals surface area contributed by atoms with Crippen molar-refractivity contribution in [3.8, 4) is 0 Å². The number of pyridine rings is 1. The first-order valence-corrected chi connectivity index (χ1v) is 5.68. The molecular weight excluding hydrogens is 248 g/mol. The maximum absolute atomic E-state index is 10.8. The predicted octanol–water partition coefficient (Wildman–Crippen LogP) is 1.37. The van der Waals surface area contributed by atoms with Crippen LogP contribution in [0, 0.1) is 0 Å². The second-order valence-electron chi connectivity index (χ2n) is 3.82. The van der Waals surface area contributed by atoms with E-state index in [1.807, 2.05) is 0 Å². The van der Waals surface area contributed by atoms with Crippen LogP contribution in [0.3, 0.4) is 0 Å². The Morgan fingerprint density at radius 1 is 1.53 bits per heavy atom. The Bertz CT molecular complexity index is 568. The van der Waals surface area contributed by atoms with Gasteiger partial charge in [-0.2, -0.15) is 5.10 Å². The van der Waals surface area contributed by atoms with Crippen molar-refractivity contribution in [3.63, 3.8) is 0 Å². The van der Waals surface area contributed by atoms with Crippen molar-refractivity contribution < 1.29 is 14.6 Å². The third kappa shape index (κ3) is 3.52. The molecule has 0 aliphatic rings. The molecule has 100 valence electrons. The SMILES string of the molecule is COCCn1cc(Nc2cccc(C(=O)O)n2)cn1. The number of carbonyl (C=O) groups is 1. The van der Waals surface area contributed by atoms with Gasteiger partial charge in [0.25, 0.3) is 0 Å². The van der Waals surface area contributed by atoms with Crippen LogP contribution < -0.4 is 5.32 Å². The van der Waals surface area contributed by atoms with Crippen LogP contribution in [-0.4, -0.2) is 39.6 Å². The van der Waals surface area contributed by atoms with Gasteiger partial charge in [0.05, 0.1) is 25.0 Å². The molecule has 0 spiro atoms. The number of carboxylic acids is 1. The Kier molecular flexibility index (Phi) is 4.09. The standard InChI is InChI=1S/C12H14N4O3/c1-19-6-5-16-8-9(7-13-16)14-11-4-2-3-10(15-11)12(17)18/h2-4,7-8H,5-6H2,1H3,(H,14,15)(H,17,18). The number of hydrogen-bond acceptors (Lipinski definition) is 5. The highest BCUT2D eigenvalue weighted by Gasteiger charge is 2.06. The van der Waals surface area contributed by atoms with Gasteiger partial charge < -0.3 is 15.2 Å². The minimum absolute atomic E-state index is 0.00299. The molecule has 2 aromatic rings. The van der Waals surface area contributed by atoms with E-state index in [4.69, 9.17) is 9.84 Å². The zero-order chi connectivity index (χ0) is 13.7. The zero-order valence-electron chi connectivity index (χ0n) is 10.4. The molecule has 0 saturated carbocycles. The van der Waals surface area contributed by atoms with E-state index in [0.29, 0.717) is 19.0 Å². The van der Waals surface area contributed by atoms with Gasteiger partial charge in [0, 0.05) is 13.3 Å². The highest BCUT2D eigenvalue weighted by molar-refractivity contribution is 5.85. The molecule has 0 aliphatic heterocycles. The number of aromatic carboxylic acids is 1. The molecule has 2 N–H and O–H groups in total. The largest absolute Gasteiger partial charge is 0.477 e. The van der Waals surface area contributed by atoms with Crippen LogP contribution in [0.1, 0.15) is 10.5 Å². The number of anilines is 2. The van der Waals surface area contributed by atoms with Crippen molar-refractivity contribution in [2.24, 2.45) is 0 Å². The summed E-state index contributed by atoms with van der Waals surface area (Å²) in [5.41, 5.74) is 0.739. The van der Waals surface area contributed by atoms with Gasteiger partial charge in [0.2, 0.25) is 0 Å². The first kappa shape index (κ1) is 13.0. The van der Waals surface area contributed by atoms with Crippen molar-refractivity contribution in [2.75, 3.05) is 19.0 Å². The summed E-state index contributed by atoms with van der Waals surface area (Å²) in [6.07, 6.45) is 3.44. The zero-order valence-corrected chi connectivity index (χ0v) is 10.4. The molecule has 0 unspecified atom stereocenters. The number of ether oxygens (including phenoxy) is 1. The van der Waals surface area contributed by atoms with Crippen molar-refractivity contribution in [3.05, 3.63) is 36.3 Å².